The van der Waals surface area contributed by atoms with Crippen LogP contribution < -0.4 is 10.2 Å². The number of nitrogens with one attached hydrogen (secondary N) is 1. The van der Waals surface area contributed by atoms with Crippen molar-refractivity contribution >= 4 is 28.2 Å². The van der Waals surface area contributed by atoms with Crippen LogP contribution in [0, 0.1) is 12.8 Å². The van der Waals surface area contributed by atoms with Gasteiger partial charge in [0.1, 0.15) is 0 Å². The molecule has 1 amide bonds. The first-order valence-corrected chi connectivity index (χ1v) is 9.59. The van der Waals surface area contributed by atoms with E-state index >= 15 is 0 Å². The van der Waals surface area contributed by atoms with Crippen LogP contribution in [0.3, 0.4) is 0 Å². The van der Waals surface area contributed by atoms with E-state index in [1.807, 2.05) is 26.0 Å². The van der Waals surface area contributed by atoms with Crippen LogP contribution in [0.5, 0.6) is 0 Å². The molecule has 0 radical (unpaired) electrons. The van der Waals surface area contributed by atoms with Crippen LogP contribution in [0.4, 0.5) is 11.4 Å². The number of amides is 1. The number of fused-ring (bicyclic) bond motifs is 1. The fourth-order valence-electron chi connectivity index (χ4n) is 3.26. The van der Waals surface area contributed by atoms with Crippen molar-refractivity contribution in [2.45, 2.75) is 27.2 Å². The summed E-state index contributed by atoms with van der Waals surface area (Å²) in [4.78, 5) is 19.3. The minimum atomic E-state index is -0.0439. The van der Waals surface area contributed by atoms with Gasteiger partial charge in [0.25, 0.3) is 0 Å². The molecule has 1 aliphatic heterocycles. The molecule has 138 valence electrons. The number of carbonyl (C=O) groups is 1. The lowest BCUT2D eigenvalue weighted by Crippen LogP contribution is -2.37. The predicted octanol–water partition coefficient (Wildman–Crippen LogP) is 5.01. The normalized spacial score (nSPS) is 13.7. The van der Waals surface area contributed by atoms with Crippen molar-refractivity contribution in [2.24, 2.45) is 5.92 Å². The maximum Gasteiger partial charge on any atom is 0.226 e. The van der Waals surface area contributed by atoms with Crippen LogP contribution in [-0.4, -0.2) is 24.0 Å². The molecule has 0 saturated carbocycles. The highest BCUT2D eigenvalue weighted by Gasteiger charge is 2.19. The molecule has 4 heteroatoms. The molecule has 0 aliphatic carbocycles. The second-order valence-electron chi connectivity index (χ2n) is 7.61. The lowest BCUT2D eigenvalue weighted by Gasteiger charge is -2.34. The number of benzene rings is 2. The van der Waals surface area contributed by atoms with Gasteiger partial charge in [-0.15, -0.1) is 0 Å². The Hall–Kier alpha value is -2.88. The zero-order valence-corrected chi connectivity index (χ0v) is 16.1. The van der Waals surface area contributed by atoms with Gasteiger partial charge in [-0.1, -0.05) is 43.7 Å². The van der Waals surface area contributed by atoms with E-state index in [4.69, 9.17) is 4.98 Å². The molecule has 1 N–H and O–H groups in total. The quantitative estimate of drug-likeness (QED) is 0.712. The average molecular weight is 359 g/mol. The molecule has 0 atom stereocenters. The third-order valence-corrected chi connectivity index (χ3v) is 5.12. The molecular weight excluding hydrogens is 334 g/mol. The zero-order chi connectivity index (χ0) is 19.0. The Labute approximate surface area is 160 Å². The van der Waals surface area contributed by atoms with Crippen LogP contribution in [-0.2, 0) is 4.79 Å². The Balaban J connectivity index is 1.80. The number of rotatable bonds is 4. The van der Waals surface area contributed by atoms with Gasteiger partial charge in [0.05, 0.1) is 11.2 Å². The number of aromatic nitrogens is 1. The number of hydrogen-bond acceptors (Lipinski definition) is 3. The highest BCUT2D eigenvalue weighted by Crippen LogP contribution is 2.34. The van der Waals surface area contributed by atoms with Crippen LogP contribution in [0.25, 0.3) is 22.2 Å². The minimum absolute atomic E-state index is 0.0316. The molecule has 0 unspecified atom stereocenters. The van der Waals surface area contributed by atoms with E-state index in [0.29, 0.717) is 0 Å². The van der Waals surface area contributed by atoms with Crippen LogP contribution in [0.2, 0.25) is 0 Å². The van der Waals surface area contributed by atoms with Gasteiger partial charge in [0.15, 0.2) is 0 Å². The van der Waals surface area contributed by atoms with Gasteiger partial charge < -0.3 is 10.2 Å². The fourth-order valence-corrected chi connectivity index (χ4v) is 3.26. The monoisotopic (exact) mass is 359 g/mol. The summed E-state index contributed by atoms with van der Waals surface area (Å²) in [5.41, 5.74) is 6.34. The Morgan fingerprint density at radius 2 is 1.81 bits per heavy atom. The summed E-state index contributed by atoms with van der Waals surface area (Å²) < 4.78 is 0. The summed E-state index contributed by atoms with van der Waals surface area (Å²) >= 11 is 0. The first-order chi connectivity index (χ1) is 13.0. The van der Waals surface area contributed by atoms with Crippen LogP contribution in [0.15, 0.2) is 48.5 Å². The highest BCUT2D eigenvalue weighted by atomic mass is 16.1. The van der Waals surface area contributed by atoms with Gasteiger partial charge in [-0.3, -0.25) is 4.79 Å². The van der Waals surface area contributed by atoms with Crippen LogP contribution >= 0.6 is 0 Å². The van der Waals surface area contributed by atoms with Crippen LogP contribution in [0.1, 0.15) is 25.8 Å². The molecule has 1 aliphatic rings. The first kappa shape index (κ1) is 17.5. The fraction of sp³-hybridized carbons (Fsp3) is 0.304. The smallest absolute Gasteiger partial charge is 0.226 e. The lowest BCUT2D eigenvalue weighted by atomic mass is 10.0. The maximum atomic E-state index is 12.1. The van der Waals surface area contributed by atoms with Crippen molar-refractivity contribution in [3.63, 3.8) is 0 Å². The molecule has 2 aromatic carbocycles. The second kappa shape index (κ2) is 7.03. The van der Waals surface area contributed by atoms with E-state index in [1.54, 1.807) is 0 Å². The minimum Gasteiger partial charge on any atom is -0.371 e. The van der Waals surface area contributed by atoms with Crippen molar-refractivity contribution in [2.75, 3.05) is 23.3 Å². The number of anilines is 2. The summed E-state index contributed by atoms with van der Waals surface area (Å²) in [6.07, 6.45) is 1.22. The van der Waals surface area contributed by atoms with Gasteiger partial charge in [-0.05, 0) is 37.6 Å². The number of carbonyl (C=O) groups excluding carboxylic acids is 1. The zero-order valence-electron chi connectivity index (χ0n) is 16.1. The van der Waals surface area contributed by atoms with Gasteiger partial charge in [-0.2, -0.15) is 0 Å². The van der Waals surface area contributed by atoms with E-state index in [9.17, 15) is 4.79 Å². The van der Waals surface area contributed by atoms with Gasteiger partial charge in [-0.25, -0.2) is 4.98 Å². The molecule has 4 rings (SSSR count). The Morgan fingerprint density at radius 3 is 2.44 bits per heavy atom. The van der Waals surface area contributed by atoms with Crippen molar-refractivity contribution < 1.29 is 4.79 Å². The molecule has 2 heterocycles. The SMILES string of the molecule is Cc1ccc(-c2cc(N3CCC3)c3cc(NC(=O)C(C)C)ccc3n2)cc1. The standard InChI is InChI=1S/C23H25N3O/c1-15(2)23(27)24-18-9-10-20-19(13-18)22(26-11-4-12-26)14-21(25-20)17-7-5-16(3)6-8-17/h5-10,13-15H,4,11-12H2,1-3H3,(H,24,27). The van der Waals surface area contributed by atoms with Gasteiger partial charge >= 0.3 is 0 Å². The Morgan fingerprint density at radius 1 is 1.07 bits per heavy atom. The van der Waals surface area contributed by atoms with Gasteiger partial charge in [0, 0.05) is 41.3 Å². The Bertz CT molecular complexity index is 988. The molecule has 1 fully saturated rings. The van der Waals surface area contributed by atoms with E-state index in [1.165, 1.54) is 17.7 Å². The molecule has 27 heavy (non-hydrogen) atoms. The first-order valence-electron chi connectivity index (χ1n) is 9.59. The van der Waals surface area contributed by atoms with E-state index in [-0.39, 0.29) is 11.8 Å². The molecule has 1 saturated heterocycles. The summed E-state index contributed by atoms with van der Waals surface area (Å²) in [6.45, 7) is 8.02. The largest absolute Gasteiger partial charge is 0.371 e. The number of aryl methyl sites for hydroxylation is 1. The molecule has 0 bridgehead atoms. The third kappa shape index (κ3) is 3.52. The summed E-state index contributed by atoms with van der Waals surface area (Å²) in [6, 6.07) is 16.7. The summed E-state index contributed by atoms with van der Waals surface area (Å²) in [7, 11) is 0. The summed E-state index contributed by atoms with van der Waals surface area (Å²) in [5.74, 6) is -0.0123. The molecule has 1 aromatic heterocycles. The second-order valence-corrected chi connectivity index (χ2v) is 7.61. The van der Waals surface area contributed by atoms with Crippen molar-refractivity contribution in [3.8, 4) is 11.3 Å². The molecular formula is C23H25N3O. The highest BCUT2D eigenvalue weighted by molar-refractivity contribution is 5.99. The number of nitrogens with zero attached hydrogens (tertiary/aromatic N) is 2. The van der Waals surface area contributed by atoms with Crippen molar-refractivity contribution in [1.82, 2.24) is 4.98 Å². The third-order valence-electron chi connectivity index (χ3n) is 5.12. The van der Waals surface area contributed by atoms with Crippen molar-refractivity contribution in [1.29, 1.82) is 0 Å². The summed E-state index contributed by atoms with van der Waals surface area (Å²) in [5, 5.41) is 4.09. The maximum absolute atomic E-state index is 12.1. The topological polar surface area (TPSA) is 45.2 Å². The number of pyridine rings is 1. The lowest BCUT2D eigenvalue weighted by molar-refractivity contribution is -0.118. The van der Waals surface area contributed by atoms with E-state index in [0.717, 1.165) is 40.9 Å². The van der Waals surface area contributed by atoms with E-state index in [2.05, 4.69) is 53.5 Å². The molecule has 4 nitrogen and oxygen atoms in total. The molecule has 0 spiro atoms. The Kier molecular flexibility index (Phi) is 4.56. The number of hydrogen-bond donors (Lipinski definition) is 1. The van der Waals surface area contributed by atoms with E-state index < -0.39 is 0 Å². The van der Waals surface area contributed by atoms with Crippen molar-refractivity contribution in [3.05, 3.63) is 54.1 Å². The van der Waals surface area contributed by atoms with Gasteiger partial charge in [0.2, 0.25) is 5.91 Å². The predicted molar refractivity (Wildman–Crippen MR) is 112 cm³/mol. The average Bonchev–Trinajstić information content (AvgIpc) is 2.61. The molecule has 3 aromatic rings.